The monoisotopic (exact) mass is 275 g/mol. The highest BCUT2D eigenvalue weighted by Gasteiger charge is 2.11. The normalized spacial score (nSPS) is 11.2. The molecule has 1 aromatic heterocycles. The molecule has 2 rings (SSSR count). The zero-order chi connectivity index (χ0) is 14.7. The van der Waals surface area contributed by atoms with Crippen molar-refractivity contribution in [2.45, 2.75) is 34.2 Å². The van der Waals surface area contributed by atoms with Gasteiger partial charge < -0.3 is 14.9 Å². The topological polar surface area (TPSA) is 71.2 Å². The first-order valence-corrected chi connectivity index (χ1v) is 6.81. The molecular formula is C15H21N3O2. The number of phenols is 1. The summed E-state index contributed by atoms with van der Waals surface area (Å²) >= 11 is 0. The van der Waals surface area contributed by atoms with Crippen molar-refractivity contribution in [2.24, 2.45) is 5.92 Å². The highest BCUT2D eigenvalue weighted by molar-refractivity contribution is 5.60. The molecule has 5 heteroatoms. The minimum atomic E-state index is 0.316. The van der Waals surface area contributed by atoms with Crippen molar-refractivity contribution < 1.29 is 9.63 Å². The predicted molar refractivity (Wildman–Crippen MR) is 77.4 cm³/mol. The van der Waals surface area contributed by atoms with Gasteiger partial charge in [-0.15, -0.1) is 0 Å². The SMILES string of the molecule is Cc1cc(-c2noc(CNCC(C)C)n2)cc(C)c1O. The van der Waals surface area contributed by atoms with Crippen molar-refractivity contribution in [2.75, 3.05) is 6.54 Å². The Bertz CT molecular complexity index is 568. The molecule has 20 heavy (non-hydrogen) atoms. The van der Waals surface area contributed by atoms with Gasteiger partial charge in [0.2, 0.25) is 11.7 Å². The van der Waals surface area contributed by atoms with E-state index in [2.05, 4.69) is 29.3 Å². The molecule has 0 aliphatic rings. The maximum absolute atomic E-state index is 9.78. The third-order valence-electron chi connectivity index (χ3n) is 3.05. The van der Waals surface area contributed by atoms with Crippen LogP contribution in [0.4, 0.5) is 0 Å². The molecule has 0 bridgehead atoms. The number of nitrogens with one attached hydrogen (secondary N) is 1. The Morgan fingerprint density at radius 1 is 1.25 bits per heavy atom. The van der Waals surface area contributed by atoms with Crippen LogP contribution in [-0.2, 0) is 6.54 Å². The van der Waals surface area contributed by atoms with Gasteiger partial charge in [-0.2, -0.15) is 4.98 Å². The fourth-order valence-corrected chi connectivity index (χ4v) is 2.00. The minimum Gasteiger partial charge on any atom is -0.507 e. The van der Waals surface area contributed by atoms with Crippen molar-refractivity contribution in [3.8, 4) is 17.1 Å². The van der Waals surface area contributed by atoms with E-state index >= 15 is 0 Å². The van der Waals surface area contributed by atoms with Crippen molar-refractivity contribution in [1.82, 2.24) is 15.5 Å². The van der Waals surface area contributed by atoms with E-state index < -0.39 is 0 Å². The van der Waals surface area contributed by atoms with E-state index in [9.17, 15) is 5.11 Å². The molecule has 0 amide bonds. The summed E-state index contributed by atoms with van der Waals surface area (Å²) in [6.07, 6.45) is 0. The zero-order valence-corrected chi connectivity index (χ0v) is 12.4. The lowest BCUT2D eigenvalue weighted by Gasteiger charge is -2.04. The van der Waals surface area contributed by atoms with Crippen molar-refractivity contribution >= 4 is 0 Å². The van der Waals surface area contributed by atoms with E-state index in [4.69, 9.17) is 4.52 Å². The number of hydrogen-bond donors (Lipinski definition) is 2. The maximum Gasteiger partial charge on any atom is 0.240 e. The average molecular weight is 275 g/mol. The van der Waals surface area contributed by atoms with Crippen molar-refractivity contribution in [1.29, 1.82) is 0 Å². The molecule has 5 nitrogen and oxygen atoms in total. The second kappa shape index (κ2) is 6.05. The van der Waals surface area contributed by atoms with Crippen LogP contribution < -0.4 is 5.32 Å². The van der Waals surface area contributed by atoms with Gasteiger partial charge in [0.1, 0.15) is 5.75 Å². The summed E-state index contributed by atoms with van der Waals surface area (Å²) in [5, 5.41) is 17.0. The minimum absolute atomic E-state index is 0.316. The van der Waals surface area contributed by atoms with Crippen LogP contribution in [-0.4, -0.2) is 21.8 Å². The Kier molecular flexibility index (Phi) is 4.39. The van der Waals surface area contributed by atoms with Gasteiger partial charge >= 0.3 is 0 Å². The quantitative estimate of drug-likeness (QED) is 0.878. The molecule has 108 valence electrons. The van der Waals surface area contributed by atoms with E-state index in [0.29, 0.717) is 29.9 Å². The second-order valence-electron chi connectivity index (χ2n) is 5.50. The van der Waals surface area contributed by atoms with Crippen molar-refractivity contribution in [3.63, 3.8) is 0 Å². The Labute approximate surface area is 119 Å². The fraction of sp³-hybridized carbons (Fsp3) is 0.467. The highest BCUT2D eigenvalue weighted by atomic mass is 16.5. The summed E-state index contributed by atoms with van der Waals surface area (Å²) in [7, 11) is 0. The third-order valence-corrected chi connectivity index (χ3v) is 3.05. The number of aromatic nitrogens is 2. The molecule has 2 aromatic rings. The number of nitrogens with zero attached hydrogens (tertiary/aromatic N) is 2. The molecule has 0 fully saturated rings. The van der Waals surface area contributed by atoms with Gasteiger partial charge in [0.05, 0.1) is 6.54 Å². The highest BCUT2D eigenvalue weighted by Crippen LogP contribution is 2.27. The van der Waals surface area contributed by atoms with Gasteiger partial charge in [-0.3, -0.25) is 0 Å². The number of aromatic hydroxyl groups is 1. The first-order valence-electron chi connectivity index (χ1n) is 6.81. The first-order chi connectivity index (χ1) is 9.47. The van der Waals surface area contributed by atoms with Crippen LogP contribution >= 0.6 is 0 Å². The summed E-state index contributed by atoms with van der Waals surface area (Å²) in [6, 6.07) is 3.72. The van der Waals surface area contributed by atoms with E-state index in [-0.39, 0.29) is 0 Å². The molecule has 0 atom stereocenters. The molecule has 0 saturated carbocycles. The molecule has 0 aliphatic carbocycles. The van der Waals surface area contributed by atoms with Gasteiger partial charge in [0.25, 0.3) is 0 Å². The number of rotatable bonds is 5. The lowest BCUT2D eigenvalue weighted by atomic mass is 10.1. The van der Waals surface area contributed by atoms with Gasteiger partial charge in [-0.1, -0.05) is 19.0 Å². The van der Waals surface area contributed by atoms with Crippen LogP contribution in [0.1, 0.15) is 30.9 Å². The Morgan fingerprint density at radius 3 is 2.50 bits per heavy atom. The maximum atomic E-state index is 9.78. The summed E-state index contributed by atoms with van der Waals surface area (Å²) in [4.78, 5) is 4.37. The fourth-order valence-electron chi connectivity index (χ4n) is 2.00. The van der Waals surface area contributed by atoms with Gasteiger partial charge in [-0.05, 0) is 49.6 Å². The predicted octanol–water partition coefficient (Wildman–Crippen LogP) is 2.80. The van der Waals surface area contributed by atoms with Gasteiger partial charge in [0, 0.05) is 5.56 Å². The lowest BCUT2D eigenvalue weighted by Crippen LogP contribution is -2.19. The van der Waals surface area contributed by atoms with Crippen LogP contribution in [0.5, 0.6) is 5.75 Å². The Hall–Kier alpha value is -1.88. The number of hydrogen-bond acceptors (Lipinski definition) is 5. The summed E-state index contributed by atoms with van der Waals surface area (Å²) in [6.45, 7) is 9.49. The van der Waals surface area contributed by atoms with Crippen LogP contribution in [0.3, 0.4) is 0 Å². The molecule has 0 unspecified atom stereocenters. The molecule has 0 saturated heterocycles. The molecule has 2 N–H and O–H groups in total. The molecule has 0 spiro atoms. The molecule has 1 aromatic carbocycles. The van der Waals surface area contributed by atoms with Crippen molar-refractivity contribution in [3.05, 3.63) is 29.2 Å². The summed E-state index contributed by atoms with van der Waals surface area (Å²) in [5.74, 6) is 2.03. The number of benzene rings is 1. The summed E-state index contributed by atoms with van der Waals surface area (Å²) in [5.41, 5.74) is 2.48. The standard InChI is InChI=1S/C15H21N3O2/c1-9(2)7-16-8-13-17-15(18-20-13)12-5-10(3)14(19)11(4)6-12/h5-6,9,16,19H,7-8H2,1-4H3. The Morgan fingerprint density at radius 2 is 1.90 bits per heavy atom. The van der Waals surface area contributed by atoms with Crippen LogP contribution in [0.15, 0.2) is 16.7 Å². The van der Waals surface area contributed by atoms with E-state index in [1.54, 1.807) is 0 Å². The van der Waals surface area contributed by atoms with E-state index in [1.807, 2.05) is 26.0 Å². The number of phenolic OH excluding ortho intramolecular Hbond substituents is 1. The smallest absolute Gasteiger partial charge is 0.240 e. The molecule has 0 aliphatic heterocycles. The van der Waals surface area contributed by atoms with Gasteiger partial charge in [0.15, 0.2) is 0 Å². The molecular weight excluding hydrogens is 254 g/mol. The third kappa shape index (κ3) is 3.36. The van der Waals surface area contributed by atoms with Crippen LogP contribution in [0.2, 0.25) is 0 Å². The molecule has 1 heterocycles. The van der Waals surface area contributed by atoms with Crippen LogP contribution in [0, 0.1) is 19.8 Å². The van der Waals surface area contributed by atoms with E-state index in [0.717, 1.165) is 23.2 Å². The largest absolute Gasteiger partial charge is 0.507 e. The number of aryl methyl sites for hydroxylation is 2. The zero-order valence-electron chi connectivity index (χ0n) is 12.4. The lowest BCUT2D eigenvalue weighted by molar-refractivity contribution is 0.364. The second-order valence-corrected chi connectivity index (χ2v) is 5.50. The van der Waals surface area contributed by atoms with Gasteiger partial charge in [-0.25, -0.2) is 0 Å². The first kappa shape index (κ1) is 14.5. The molecule has 0 radical (unpaired) electrons. The Balaban J connectivity index is 2.12. The van der Waals surface area contributed by atoms with Crippen LogP contribution in [0.25, 0.3) is 11.4 Å². The van der Waals surface area contributed by atoms with E-state index in [1.165, 1.54) is 0 Å². The summed E-state index contributed by atoms with van der Waals surface area (Å²) < 4.78 is 5.22. The average Bonchev–Trinajstić information content (AvgIpc) is 2.83.